The number of hydrogen-bond acceptors (Lipinski definition) is 5. The van der Waals surface area contributed by atoms with E-state index in [1.807, 2.05) is 0 Å². The topological polar surface area (TPSA) is 82.1 Å². The summed E-state index contributed by atoms with van der Waals surface area (Å²) in [6.45, 7) is 0. The molecule has 3 rings (SSSR count). The van der Waals surface area contributed by atoms with Crippen molar-refractivity contribution >= 4 is 17.3 Å². The van der Waals surface area contributed by atoms with Gasteiger partial charge in [0.25, 0.3) is 11.6 Å². The summed E-state index contributed by atoms with van der Waals surface area (Å²) in [4.78, 5) is 14.8. The van der Waals surface area contributed by atoms with E-state index in [1.54, 1.807) is 0 Å². The van der Waals surface area contributed by atoms with Gasteiger partial charge in [0, 0.05) is 18.1 Å². The van der Waals surface area contributed by atoms with Crippen LogP contribution in [-0.2, 0) is 0 Å². The Morgan fingerprint density at radius 1 is 1.29 bits per heavy atom. The fourth-order valence-corrected chi connectivity index (χ4v) is 2.86. The lowest BCUT2D eigenvalue weighted by molar-refractivity contribution is -0.384. The molecule has 1 aromatic heterocycles. The molecule has 0 amide bonds. The van der Waals surface area contributed by atoms with E-state index in [0.717, 1.165) is 12.8 Å². The second-order valence-electron chi connectivity index (χ2n) is 5.21. The molecule has 0 saturated heterocycles. The Labute approximate surface area is 126 Å². The van der Waals surface area contributed by atoms with Crippen LogP contribution >= 0.6 is 11.6 Å². The number of nitro groups is 1. The standard InChI is InChI=1S/C14H14ClN3O3/c15-12-7-6-10(18(19)20)8-11(12)14-16-13(17-21-14)9-4-2-1-3-5-9/h6-9H,1-5H2. The maximum Gasteiger partial charge on any atom is 0.270 e. The van der Waals surface area contributed by atoms with Crippen LogP contribution in [0.25, 0.3) is 11.5 Å². The highest BCUT2D eigenvalue weighted by atomic mass is 35.5. The van der Waals surface area contributed by atoms with E-state index < -0.39 is 4.92 Å². The Balaban J connectivity index is 1.92. The van der Waals surface area contributed by atoms with Gasteiger partial charge in [0.2, 0.25) is 0 Å². The first-order valence-corrected chi connectivity index (χ1v) is 7.31. The Morgan fingerprint density at radius 3 is 2.76 bits per heavy atom. The van der Waals surface area contributed by atoms with Crippen LogP contribution in [0.5, 0.6) is 0 Å². The second kappa shape index (κ2) is 5.81. The van der Waals surface area contributed by atoms with Crippen molar-refractivity contribution in [2.24, 2.45) is 0 Å². The molecule has 110 valence electrons. The van der Waals surface area contributed by atoms with Gasteiger partial charge >= 0.3 is 0 Å². The minimum absolute atomic E-state index is 0.0492. The maximum atomic E-state index is 10.8. The average molecular weight is 308 g/mol. The van der Waals surface area contributed by atoms with Gasteiger partial charge in [-0.1, -0.05) is 36.0 Å². The van der Waals surface area contributed by atoms with Crippen molar-refractivity contribution in [3.63, 3.8) is 0 Å². The summed E-state index contributed by atoms with van der Waals surface area (Å²) < 4.78 is 5.25. The SMILES string of the molecule is O=[N+]([O-])c1ccc(Cl)c(-c2nc(C3CCCCC3)no2)c1. The van der Waals surface area contributed by atoms with Gasteiger partial charge < -0.3 is 4.52 Å². The van der Waals surface area contributed by atoms with Crippen LogP contribution in [0.2, 0.25) is 5.02 Å². The maximum absolute atomic E-state index is 10.8. The number of benzene rings is 1. The molecule has 1 saturated carbocycles. The predicted octanol–water partition coefficient (Wildman–Crippen LogP) is 4.35. The smallest absolute Gasteiger partial charge is 0.270 e. The number of halogens is 1. The molecule has 1 aliphatic rings. The zero-order valence-electron chi connectivity index (χ0n) is 11.3. The lowest BCUT2D eigenvalue weighted by Crippen LogP contribution is -2.06. The monoisotopic (exact) mass is 307 g/mol. The summed E-state index contributed by atoms with van der Waals surface area (Å²) in [5, 5.41) is 15.2. The van der Waals surface area contributed by atoms with Crippen LogP contribution in [0.3, 0.4) is 0 Å². The lowest BCUT2D eigenvalue weighted by atomic mass is 9.89. The van der Waals surface area contributed by atoms with E-state index >= 15 is 0 Å². The molecule has 0 bridgehead atoms. The fraction of sp³-hybridized carbons (Fsp3) is 0.429. The van der Waals surface area contributed by atoms with E-state index in [2.05, 4.69) is 10.1 Å². The Morgan fingerprint density at radius 2 is 2.05 bits per heavy atom. The summed E-state index contributed by atoms with van der Waals surface area (Å²) in [5.41, 5.74) is 0.354. The van der Waals surface area contributed by atoms with Gasteiger partial charge in [-0.15, -0.1) is 0 Å². The van der Waals surface area contributed by atoms with Gasteiger partial charge in [-0.25, -0.2) is 0 Å². The summed E-state index contributed by atoms with van der Waals surface area (Å²) >= 11 is 6.08. The number of non-ortho nitro benzene ring substituents is 1. The normalized spacial score (nSPS) is 16.0. The average Bonchev–Trinajstić information content (AvgIpc) is 2.98. The third kappa shape index (κ3) is 2.90. The molecule has 0 radical (unpaired) electrons. The van der Waals surface area contributed by atoms with Crippen molar-refractivity contribution < 1.29 is 9.45 Å². The molecule has 0 N–H and O–H groups in total. The van der Waals surface area contributed by atoms with Crippen molar-refractivity contribution in [3.05, 3.63) is 39.2 Å². The molecule has 21 heavy (non-hydrogen) atoms. The van der Waals surface area contributed by atoms with Gasteiger partial charge in [0.05, 0.1) is 15.5 Å². The van der Waals surface area contributed by atoms with Crippen LogP contribution in [-0.4, -0.2) is 15.1 Å². The minimum Gasteiger partial charge on any atom is -0.334 e. The van der Waals surface area contributed by atoms with Crippen LogP contribution in [0.4, 0.5) is 5.69 Å². The van der Waals surface area contributed by atoms with E-state index in [9.17, 15) is 10.1 Å². The van der Waals surface area contributed by atoms with E-state index in [0.29, 0.717) is 22.3 Å². The molecular formula is C14H14ClN3O3. The third-order valence-corrected chi connectivity index (χ3v) is 4.13. The third-order valence-electron chi connectivity index (χ3n) is 3.80. The first-order chi connectivity index (χ1) is 10.1. The molecule has 1 aromatic carbocycles. The molecule has 0 unspecified atom stereocenters. The molecular weight excluding hydrogens is 294 g/mol. The van der Waals surface area contributed by atoms with E-state index in [-0.39, 0.29) is 11.6 Å². The second-order valence-corrected chi connectivity index (χ2v) is 5.62. The Hall–Kier alpha value is -1.95. The van der Waals surface area contributed by atoms with Crippen LogP contribution in [0.15, 0.2) is 22.7 Å². The van der Waals surface area contributed by atoms with Crippen LogP contribution < -0.4 is 0 Å². The molecule has 7 heteroatoms. The number of rotatable bonds is 3. The minimum atomic E-state index is -0.474. The molecule has 1 fully saturated rings. The van der Waals surface area contributed by atoms with Crippen molar-refractivity contribution in [2.75, 3.05) is 0 Å². The number of aromatic nitrogens is 2. The van der Waals surface area contributed by atoms with Gasteiger partial charge in [0.15, 0.2) is 5.82 Å². The van der Waals surface area contributed by atoms with E-state index in [1.165, 1.54) is 37.5 Å². The molecule has 1 heterocycles. The molecule has 6 nitrogen and oxygen atoms in total. The Kier molecular flexibility index (Phi) is 3.88. The quantitative estimate of drug-likeness (QED) is 0.622. The van der Waals surface area contributed by atoms with Crippen molar-refractivity contribution in [1.82, 2.24) is 10.1 Å². The van der Waals surface area contributed by atoms with Crippen molar-refractivity contribution in [2.45, 2.75) is 38.0 Å². The summed E-state index contributed by atoms with van der Waals surface area (Å²) in [6, 6.07) is 4.18. The molecule has 0 aliphatic heterocycles. The van der Waals surface area contributed by atoms with Gasteiger partial charge in [-0.05, 0) is 18.9 Å². The molecule has 2 aromatic rings. The summed E-state index contributed by atoms with van der Waals surface area (Å²) in [5.74, 6) is 1.23. The predicted molar refractivity (Wildman–Crippen MR) is 77.2 cm³/mol. The molecule has 1 aliphatic carbocycles. The van der Waals surface area contributed by atoms with Crippen molar-refractivity contribution in [1.29, 1.82) is 0 Å². The van der Waals surface area contributed by atoms with Crippen LogP contribution in [0, 0.1) is 10.1 Å². The zero-order valence-corrected chi connectivity index (χ0v) is 12.0. The summed E-state index contributed by atoms with van der Waals surface area (Å²) in [6.07, 6.45) is 5.71. The summed E-state index contributed by atoms with van der Waals surface area (Å²) in [7, 11) is 0. The highest BCUT2D eigenvalue weighted by Crippen LogP contribution is 2.34. The number of nitro benzene ring substituents is 1. The van der Waals surface area contributed by atoms with Gasteiger partial charge in [-0.3, -0.25) is 10.1 Å². The zero-order chi connectivity index (χ0) is 14.8. The number of nitrogens with zero attached hydrogens (tertiary/aromatic N) is 3. The lowest BCUT2D eigenvalue weighted by Gasteiger charge is -2.17. The molecule has 0 spiro atoms. The first-order valence-electron chi connectivity index (χ1n) is 6.93. The molecule has 0 atom stereocenters. The van der Waals surface area contributed by atoms with E-state index in [4.69, 9.17) is 16.1 Å². The Bertz CT molecular complexity index is 665. The first kappa shape index (κ1) is 14.0. The highest BCUT2D eigenvalue weighted by molar-refractivity contribution is 6.33. The van der Waals surface area contributed by atoms with Crippen molar-refractivity contribution in [3.8, 4) is 11.5 Å². The largest absolute Gasteiger partial charge is 0.334 e. The highest BCUT2D eigenvalue weighted by Gasteiger charge is 2.23. The van der Waals surface area contributed by atoms with Gasteiger partial charge in [0.1, 0.15) is 0 Å². The number of hydrogen-bond donors (Lipinski definition) is 0. The van der Waals surface area contributed by atoms with Gasteiger partial charge in [-0.2, -0.15) is 4.98 Å². The van der Waals surface area contributed by atoms with Crippen LogP contribution in [0.1, 0.15) is 43.8 Å². The fourth-order valence-electron chi connectivity index (χ4n) is 2.66.